The highest BCUT2D eigenvalue weighted by Gasteiger charge is 2.30. The van der Waals surface area contributed by atoms with Crippen molar-refractivity contribution < 1.29 is 23.0 Å². The predicted molar refractivity (Wildman–Crippen MR) is 81.0 cm³/mol. The van der Waals surface area contributed by atoms with Crippen LogP contribution in [0.1, 0.15) is 25.8 Å². The smallest absolute Gasteiger partial charge is 0.315 e. The highest BCUT2D eigenvalue weighted by Crippen LogP contribution is 2.21. The molecule has 2 amide bonds. The molecule has 0 aromatic heterocycles. The molecule has 0 radical (unpaired) electrons. The molecule has 1 aromatic rings. The fourth-order valence-corrected chi connectivity index (χ4v) is 2.46. The maximum atomic E-state index is 13.6. The molecular weight excluding hydrogens is 306 g/mol. The average Bonchev–Trinajstić information content (AvgIpc) is 2.90. The molecule has 1 aliphatic rings. The van der Waals surface area contributed by atoms with Gasteiger partial charge in [-0.25, -0.2) is 13.6 Å². The van der Waals surface area contributed by atoms with Crippen molar-refractivity contribution in [3.8, 4) is 0 Å². The molecule has 5 nitrogen and oxygen atoms in total. The molecule has 1 aromatic carbocycles. The van der Waals surface area contributed by atoms with Crippen LogP contribution in [0.3, 0.4) is 0 Å². The van der Waals surface area contributed by atoms with Crippen molar-refractivity contribution in [2.45, 2.75) is 38.5 Å². The topological polar surface area (TPSA) is 59.6 Å². The minimum atomic E-state index is -0.658. The van der Waals surface area contributed by atoms with E-state index in [9.17, 15) is 13.6 Å². The Kier molecular flexibility index (Phi) is 5.90. The molecule has 1 heterocycles. The lowest BCUT2D eigenvalue weighted by Gasteiger charge is -2.22. The molecule has 2 N–H and O–H groups in total. The first-order valence-corrected chi connectivity index (χ1v) is 7.65. The number of hydrogen-bond donors (Lipinski definition) is 2. The van der Waals surface area contributed by atoms with Gasteiger partial charge in [0.25, 0.3) is 0 Å². The van der Waals surface area contributed by atoms with Gasteiger partial charge in [0.15, 0.2) is 5.79 Å². The Bertz CT molecular complexity index is 528. The minimum Gasteiger partial charge on any atom is -0.348 e. The van der Waals surface area contributed by atoms with Gasteiger partial charge in [-0.15, -0.1) is 0 Å². The van der Waals surface area contributed by atoms with Crippen LogP contribution in [0.15, 0.2) is 18.2 Å². The largest absolute Gasteiger partial charge is 0.348 e. The quantitative estimate of drug-likeness (QED) is 0.843. The summed E-state index contributed by atoms with van der Waals surface area (Å²) in [5.41, 5.74) is -0.0273. The fraction of sp³-hybridized carbons (Fsp3) is 0.562. The highest BCUT2D eigenvalue weighted by molar-refractivity contribution is 5.74. The molecule has 7 heteroatoms. The summed E-state index contributed by atoms with van der Waals surface area (Å²) in [7, 11) is 0. The van der Waals surface area contributed by atoms with E-state index in [1.165, 1.54) is 18.2 Å². The molecule has 1 aliphatic heterocycles. The van der Waals surface area contributed by atoms with Gasteiger partial charge in [0, 0.05) is 24.6 Å². The molecule has 0 saturated carbocycles. The Morgan fingerprint density at radius 2 is 1.91 bits per heavy atom. The second-order valence-electron chi connectivity index (χ2n) is 5.79. The number of urea groups is 1. The molecular formula is C16H22F2N2O3. The zero-order chi connectivity index (χ0) is 16.9. The first-order valence-electron chi connectivity index (χ1n) is 7.65. The Labute approximate surface area is 134 Å². The number of amides is 2. The van der Waals surface area contributed by atoms with E-state index in [4.69, 9.17) is 9.47 Å². The van der Waals surface area contributed by atoms with E-state index < -0.39 is 29.5 Å². The van der Waals surface area contributed by atoms with Crippen molar-refractivity contribution in [2.24, 2.45) is 0 Å². The lowest BCUT2D eigenvalue weighted by atomic mass is 10.1. The Hall–Kier alpha value is -1.73. The third-order valence-electron chi connectivity index (χ3n) is 3.71. The van der Waals surface area contributed by atoms with Crippen molar-refractivity contribution in [3.05, 3.63) is 35.4 Å². The van der Waals surface area contributed by atoms with Gasteiger partial charge < -0.3 is 20.1 Å². The molecule has 0 bridgehead atoms. The van der Waals surface area contributed by atoms with Crippen LogP contribution in [0.5, 0.6) is 0 Å². The van der Waals surface area contributed by atoms with Crippen LogP contribution < -0.4 is 10.6 Å². The normalized spacial score (nSPS) is 17.7. The summed E-state index contributed by atoms with van der Waals surface area (Å²) in [6.45, 7) is 4.99. The van der Waals surface area contributed by atoms with Crippen LogP contribution in [0.2, 0.25) is 0 Å². The first-order chi connectivity index (χ1) is 10.9. The molecule has 0 aliphatic carbocycles. The number of carbonyl (C=O) groups excluding carboxylic acids is 1. The summed E-state index contributed by atoms with van der Waals surface area (Å²) in [6.07, 6.45) is 0.604. The number of halogens is 2. The SMILES string of the molecule is C[C@@H](Cc1c(F)cccc1F)NC(=O)NCCC1(C)OCCO1. The number of nitrogens with one attached hydrogen (secondary N) is 2. The molecule has 128 valence electrons. The average molecular weight is 328 g/mol. The number of ether oxygens (including phenoxy) is 2. The molecule has 1 saturated heterocycles. The van der Waals surface area contributed by atoms with E-state index in [0.717, 1.165) is 0 Å². The molecule has 0 unspecified atom stereocenters. The number of rotatable bonds is 6. The van der Waals surface area contributed by atoms with Gasteiger partial charge in [0.2, 0.25) is 0 Å². The standard InChI is InChI=1S/C16H22F2N2O3/c1-11(10-12-13(17)4-3-5-14(12)18)20-15(21)19-7-6-16(2)22-8-9-23-16/h3-5,11H,6-10H2,1-2H3,(H2,19,20,21)/t11-/m0/s1. The van der Waals surface area contributed by atoms with E-state index in [1.807, 2.05) is 6.92 Å². The molecule has 2 rings (SSSR count). The van der Waals surface area contributed by atoms with E-state index >= 15 is 0 Å². The summed E-state index contributed by atoms with van der Waals surface area (Å²) < 4.78 is 38.0. The van der Waals surface area contributed by atoms with Gasteiger partial charge in [0.1, 0.15) is 11.6 Å². The number of benzene rings is 1. The van der Waals surface area contributed by atoms with Gasteiger partial charge in [-0.05, 0) is 32.4 Å². The van der Waals surface area contributed by atoms with Gasteiger partial charge in [-0.1, -0.05) is 6.07 Å². The zero-order valence-corrected chi connectivity index (χ0v) is 13.3. The lowest BCUT2D eigenvalue weighted by Crippen LogP contribution is -2.43. The van der Waals surface area contributed by atoms with Crippen molar-refractivity contribution in [2.75, 3.05) is 19.8 Å². The Morgan fingerprint density at radius 1 is 1.30 bits per heavy atom. The minimum absolute atomic E-state index is 0.0273. The Balaban J connectivity index is 1.74. The third kappa shape index (κ3) is 5.14. The van der Waals surface area contributed by atoms with Crippen LogP contribution in [0.25, 0.3) is 0 Å². The summed E-state index contributed by atoms with van der Waals surface area (Å²) in [5, 5.41) is 5.34. The van der Waals surface area contributed by atoms with Gasteiger partial charge in [-0.2, -0.15) is 0 Å². The maximum Gasteiger partial charge on any atom is 0.315 e. The monoisotopic (exact) mass is 328 g/mol. The van der Waals surface area contributed by atoms with Gasteiger partial charge >= 0.3 is 6.03 Å². The van der Waals surface area contributed by atoms with Crippen LogP contribution in [-0.2, 0) is 15.9 Å². The van der Waals surface area contributed by atoms with E-state index in [0.29, 0.717) is 26.2 Å². The van der Waals surface area contributed by atoms with Crippen LogP contribution >= 0.6 is 0 Å². The number of hydrogen-bond acceptors (Lipinski definition) is 3. The summed E-state index contributed by atoms with van der Waals surface area (Å²) in [4.78, 5) is 11.8. The van der Waals surface area contributed by atoms with Gasteiger partial charge in [0.05, 0.1) is 13.2 Å². The third-order valence-corrected chi connectivity index (χ3v) is 3.71. The van der Waals surface area contributed by atoms with Gasteiger partial charge in [-0.3, -0.25) is 0 Å². The summed E-state index contributed by atoms with van der Waals surface area (Å²) >= 11 is 0. The van der Waals surface area contributed by atoms with Crippen molar-refractivity contribution >= 4 is 6.03 Å². The van der Waals surface area contributed by atoms with Crippen molar-refractivity contribution in [3.63, 3.8) is 0 Å². The zero-order valence-electron chi connectivity index (χ0n) is 13.3. The van der Waals surface area contributed by atoms with E-state index in [2.05, 4.69) is 10.6 Å². The summed E-state index contributed by atoms with van der Waals surface area (Å²) in [6, 6.07) is 2.92. The summed E-state index contributed by atoms with van der Waals surface area (Å²) in [5.74, 6) is -1.88. The molecule has 23 heavy (non-hydrogen) atoms. The molecule has 1 fully saturated rings. The fourth-order valence-electron chi connectivity index (χ4n) is 2.46. The maximum absolute atomic E-state index is 13.6. The van der Waals surface area contributed by atoms with Crippen LogP contribution in [-0.4, -0.2) is 37.6 Å². The second-order valence-corrected chi connectivity index (χ2v) is 5.79. The molecule has 1 atom stereocenters. The second kappa shape index (κ2) is 7.70. The number of carbonyl (C=O) groups is 1. The molecule has 0 spiro atoms. The Morgan fingerprint density at radius 3 is 2.52 bits per heavy atom. The van der Waals surface area contributed by atoms with Crippen molar-refractivity contribution in [1.29, 1.82) is 0 Å². The van der Waals surface area contributed by atoms with E-state index in [-0.39, 0.29) is 12.0 Å². The van der Waals surface area contributed by atoms with Crippen LogP contribution in [0.4, 0.5) is 13.6 Å². The van der Waals surface area contributed by atoms with Crippen LogP contribution in [0, 0.1) is 11.6 Å². The first kappa shape index (κ1) is 17.6. The lowest BCUT2D eigenvalue weighted by molar-refractivity contribution is -0.145. The predicted octanol–water partition coefficient (Wildman–Crippen LogP) is 2.35. The van der Waals surface area contributed by atoms with Crippen molar-refractivity contribution in [1.82, 2.24) is 10.6 Å². The highest BCUT2D eigenvalue weighted by atomic mass is 19.1. The van der Waals surface area contributed by atoms with E-state index in [1.54, 1.807) is 6.92 Å².